The molecule has 0 saturated carbocycles. The van der Waals surface area contributed by atoms with Crippen molar-refractivity contribution < 1.29 is 16.9 Å². The first-order valence-electron chi connectivity index (χ1n) is 0.651. The second-order valence-corrected chi connectivity index (χ2v) is 0.848. The monoisotopic (exact) mass is 428 g/mol. The quantitative estimate of drug-likeness (QED) is 0.415. The Kier molecular flexibility index (Phi) is 26.6. The molecule has 0 spiro atoms. The molecule has 0 aromatic carbocycles. The molecule has 0 aliphatic heterocycles. The summed E-state index contributed by atoms with van der Waals surface area (Å²) in [4.78, 5) is 14.3. The molecule has 6 heavy (non-hydrogen) atoms. The van der Waals surface area contributed by atoms with Crippen molar-refractivity contribution in [1.29, 1.82) is 0 Å². The van der Waals surface area contributed by atoms with E-state index in [1.807, 2.05) is 0 Å². The summed E-state index contributed by atoms with van der Waals surface area (Å²) < 4.78 is 8.74. The van der Waals surface area contributed by atoms with E-state index in [9.17, 15) is 0 Å². The first-order chi connectivity index (χ1) is 1.73. The molecule has 0 aliphatic carbocycles. The fourth-order valence-corrected chi connectivity index (χ4v) is 0. The van der Waals surface area contributed by atoms with E-state index in [2.05, 4.69) is 0 Å². The Balaban J connectivity index is -0.00000000750. The minimum absolute atomic E-state index is 0. The summed E-state index contributed by atoms with van der Waals surface area (Å²) >= 11 is 0. The molecule has 6 heteroatoms. The Morgan fingerprint density at radius 1 is 1.50 bits per heavy atom. The summed E-state index contributed by atoms with van der Waals surface area (Å²) in [5.41, 5.74) is 0. The molecule has 0 saturated heterocycles. The fraction of sp³-hybridized carbons (Fsp3) is 0. The van der Waals surface area contributed by atoms with Gasteiger partial charge in [0, 0.05) is 0 Å². The van der Waals surface area contributed by atoms with E-state index >= 15 is 0 Å². The van der Waals surface area contributed by atoms with Crippen LogP contribution in [-0.2, 0) is 4.46 Å². The van der Waals surface area contributed by atoms with Crippen LogP contribution in [0.3, 0.4) is 0 Å². The Hall–Kier alpha value is 2.11. The summed E-state index contributed by atoms with van der Waals surface area (Å²) in [6.07, 6.45) is 0. The second kappa shape index (κ2) is 10.2. The van der Waals surface area contributed by atoms with Crippen molar-refractivity contribution in [3.8, 4) is 0 Å². The normalized spacial score (nSPS) is 4.00. The Bertz CT molecular complexity index is 40.3. The van der Waals surface area contributed by atoms with Gasteiger partial charge < -0.3 is 12.4 Å². The van der Waals surface area contributed by atoms with Gasteiger partial charge in [-0.05, 0) is 0 Å². The van der Waals surface area contributed by atoms with E-state index in [1.165, 1.54) is 0 Å². The molecule has 0 fully saturated rings. The van der Waals surface area contributed by atoms with Gasteiger partial charge in [-0.3, -0.25) is 4.46 Å². The molecule has 2 radical (unpaired) electrons. The molecule has 0 aromatic heterocycles. The molecule has 0 aromatic rings. The maximum absolute atomic E-state index is 8.74. The van der Waals surface area contributed by atoms with Crippen molar-refractivity contribution in [2.24, 2.45) is 0 Å². The fourth-order valence-electron chi connectivity index (χ4n) is 0. The zero-order valence-corrected chi connectivity index (χ0v) is 14.2. The van der Waals surface area contributed by atoms with Crippen LogP contribution >= 0.6 is 0 Å². The molecule has 34 valence electrons. The Morgan fingerprint density at radius 3 is 1.50 bits per heavy atom. The van der Waals surface area contributed by atoms with Gasteiger partial charge in [0.05, 0.1) is 0 Å². The van der Waals surface area contributed by atoms with Gasteiger partial charge in [0.15, 0.2) is 0 Å². The molecule has 0 aliphatic rings. The molecule has 3 nitrogen and oxygen atoms in total. The summed E-state index contributed by atoms with van der Waals surface area (Å²) in [5.74, 6) is 0. The van der Waals surface area contributed by atoms with Gasteiger partial charge in [0.1, 0.15) is 0 Å². The van der Waals surface area contributed by atoms with Gasteiger partial charge in [-0.25, -0.2) is 0 Å². The van der Waals surface area contributed by atoms with Crippen LogP contribution < -0.4 is 0 Å². The van der Waals surface area contributed by atoms with Crippen molar-refractivity contribution in [1.82, 2.24) is 0 Å². The first kappa shape index (κ1) is 15.7. The molecule has 0 unspecified atom stereocenters. The SMILES string of the molecule is O=[Si](O)O.[Ba+2].[H-].[H-].[PbH2]. The third-order valence-corrected chi connectivity index (χ3v) is 0. The van der Waals surface area contributed by atoms with Crippen LogP contribution in [0, 0.1) is 0 Å². The van der Waals surface area contributed by atoms with Gasteiger partial charge in [0.25, 0.3) is 0 Å². The summed E-state index contributed by atoms with van der Waals surface area (Å²) in [6, 6.07) is 0. The van der Waals surface area contributed by atoms with Crippen LogP contribution in [0.2, 0.25) is 0 Å². The molecule has 0 rings (SSSR count). The molecule has 0 atom stereocenters. The van der Waals surface area contributed by atoms with Crippen molar-refractivity contribution >= 4 is 85.4 Å². The molecule has 0 heterocycles. The standard InChI is InChI=1S/Ba.H2O3Si.Pb.4H/c;1-4(2)3;;;;;/h;1-2H;;;;;/q+2;;;;;2*-1. The van der Waals surface area contributed by atoms with Gasteiger partial charge in [-0.1, -0.05) is 0 Å². The zero-order valence-electron chi connectivity index (χ0n) is 5.22. The Morgan fingerprint density at radius 2 is 1.50 bits per heavy atom. The van der Waals surface area contributed by atoms with Crippen molar-refractivity contribution in [3.63, 3.8) is 0 Å². The van der Waals surface area contributed by atoms with E-state index in [0.717, 1.165) is 0 Å². The van der Waals surface area contributed by atoms with Gasteiger partial charge in [0.2, 0.25) is 0 Å². The van der Waals surface area contributed by atoms with Gasteiger partial charge in [-0.2, -0.15) is 0 Å². The summed E-state index contributed by atoms with van der Waals surface area (Å²) in [6.45, 7) is 0. The van der Waals surface area contributed by atoms with Gasteiger partial charge >= 0.3 is 85.4 Å². The molecular weight excluding hydrogens is 421 g/mol. The van der Waals surface area contributed by atoms with Crippen LogP contribution in [-0.4, -0.2) is 94.9 Å². The maximum atomic E-state index is 8.74. The number of rotatable bonds is 0. The van der Waals surface area contributed by atoms with Crippen LogP contribution in [0.15, 0.2) is 0 Å². The summed E-state index contributed by atoms with van der Waals surface area (Å²) in [7, 11) is -3.13. The molecular formula is H6BaO3PbSi. The van der Waals surface area contributed by atoms with Crippen LogP contribution in [0.1, 0.15) is 2.85 Å². The van der Waals surface area contributed by atoms with E-state index in [0.29, 0.717) is 0 Å². The minimum atomic E-state index is -3.13. The van der Waals surface area contributed by atoms with Crippen molar-refractivity contribution in [2.75, 3.05) is 0 Å². The average Bonchev–Trinajstić information content (AvgIpc) is 0.811. The Labute approximate surface area is 100 Å². The third kappa shape index (κ3) is 35.8. The zero-order chi connectivity index (χ0) is 3.58. The first-order valence-corrected chi connectivity index (χ1v) is 1.95. The molecule has 2 N–H and O–H groups in total. The average molecular weight is 427 g/mol. The van der Waals surface area contributed by atoms with Crippen molar-refractivity contribution in [3.05, 3.63) is 0 Å². The predicted molar refractivity (Wildman–Crippen MR) is 27.4 cm³/mol. The third-order valence-electron chi connectivity index (χ3n) is 0. The van der Waals surface area contributed by atoms with E-state index in [4.69, 9.17) is 14.1 Å². The van der Waals surface area contributed by atoms with E-state index in [-0.39, 0.29) is 79.0 Å². The molecule has 0 amide bonds. The second-order valence-electron chi connectivity index (χ2n) is 0.283. The molecule has 0 bridgehead atoms. The predicted octanol–water partition coefficient (Wildman–Crippen LogP) is -2.69. The summed E-state index contributed by atoms with van der Waals surface area (Å²) in [5, 5.41) is 0. The van der Waals surface area contributed by atoms with E-state index in [1.54, 1.807) is 0 Å². The van der Waals surface area contributed by atoms with Crippen LogP contribution in [0.4, 0.5) is 0 Å². The van der Waals surface area contributed by atoms with Crippen LogP contribution in [0.5, 0.6) is 0 Å². The van der Waals surface area contributed by atoms with Crippen molar-refractivity contribution in [2.45, 2.75) is 0 Å². The van der Waals surface area contributed by atoms with E-state index < -0.39 is 9.17 Å². The number of hydrogen-bond acceptors (Lipinski definition) is 1. The van der Waals surface area contributed by atoms with Crippen LogP contribution in [0.25, 0.3) is 0 Å². The number of hydrogen-bond donors (Lipinski definition) is 2. The topological polar surface area (TPSA) is 57.5 Å². The van der Waals surface area contributed by atoms with Gasteiger partial charge in [-0.15, -0.1) is 0 Å².